The number of rotatable bonds is 16. The van der Waals surface area contributed by atoms with E-state index in [9.17, 15) is 4.39 Å². The summed E-state index contributed by atoms with van der Waals surface area (Å²) < 4.78 is 27.0. The van der Waals surface area contributed by atoms with E-state index in [2.05, 4.69) is 39.8 Å². The van der Waals surface area contributed by atoms with Crippen LogP contribution in [0, 0.1) is 5.82 Å². The highest BCUT2D eigenvalue weighted by atomic mass is 19.1. The molecule has 0 unspecified atom stereocenters. The third-order valence-electron chi connectivity index (χ3n) is 6.93. The van der Waals surface area contributed by atoms with Gasteiger partial charge in [-0.05, 0) is 80.5 Å². The quantitative estimate of drug-likeness (QED) is 0.181. The lowest BCUT2D eigenvalue weighted by atomic mass is 10.00. The van der Waals surface area contributed by atoms with Crippen LogP contribution in [-0.2, 0) is 0 Å². The van der Waals surface area contributed by atoms with Crippen LogP contribution in [0.2, 0.25) is 0 Å². The van der Waals surface area contributed by atoms with Gasteiger partial charge in [0.25, 0.3) is 0 Å². The van der Waals surface area contributed by atoms with E-state index in [1.54, 1.807) is 0 Å². The Labute approximate surface area is 224 Å². The molecule has 3 rings (SSSR count). The van der Waals surface area contributed by atoms with Gasteiger partial charge in [-0.15, -0.1) is 0 Å². The lowest BCUT2D eigenvalue weighted by Crippen LogP contribution is -2.11. The zero-order chi connectivity index (χ0) is 26.5. The summed E-state index contributed by atoms with van der Waals surface area (Å²) in [5.74, 6) is 1.25. The molecule has 0 N–H and O–H groups in total. The topological polar surface area (TPSA) is 18.5 Å². The Balaban J connectivity index is 1.56. The molecule has 200 valence electrons. The molecule has 2 nitrogen and oxygen atoms in total. The van der Waals surface area contributed by atoms with Gasteiger partial charge in [-0.3, -0.25) is 0 Å². The van der Waals surface area contributed by atoms with Gasteiger partial charge >= 0.3 is 0 Å². The van der Waals surface area contributed by atoms with Crippen molar-refractivity contribution in [1.29, 1.82) is 0 Å². The van der Waals surface area contributed by atoms with Crippen LogP contribution in [0.1, 0.15) is 91.9 Å². The lowest BCUT2D eigenvalue weighted by Gasteiger charge is -2.16. The standard InChI is InChI=1S/C34H45FO2/c1-5-7-9-11-13-26(3)36-31-21-19-29(20-22-31)28-15-17-30(18-16-28)33-24-23-32(25-34(33)35)37-27(4)14-12-10-8-6-2/h15-27H,5-14H2,1-4H3/t26-,27-/m1/s1. The molecular formula is C34H45FO2. The molecule has 0 aliphatic heterocycles. The van der Waals surface area contributed by atoms with Gasteiger partial charge in [-0.1, -0.05) is 88.8 Å². The Bertz CT molecular complexity index is 1040. The number of hydrogen-bond donors (Lipinski definition) is 0. The van der Waals surface area contributed by atoms with Gasteiger partial charge < -0.3 is 9.47 Å². The zero-order valence-electron chi connectivity index (χ0n) is 23.3. The van der Waals surface area contributed by atoms with Crippen molar-refractivity contribution in [3.05, 3.63) is 72.5 Å². The van der Waals surface area contributed by atoms with Gasteiger partial charge in [0.2, 0.25) is 0 Å². The molecule has 0 aliphatic rings. The zero-order valence-corrected chi connectivity index (χ0v) is 23.3. The van der Waals surface area contributed by atoms with E-state index in [0.717, 1.165) is 41.7 Å². The summed E-state index contributed by atoms with van der Waals surface area (Å²) in [6.45, 7) is 8.65. The second-order valence-electron chi connectivity index (χ2n) is 10.3. The number of benzene rings is 3. The molecule has 0 radical (unpaired) electrons. The molecule has 0 bridgehead atoms. The Morgan fingerprint density at radius 3 is 1.54 bits per heavy atom. The van der Waals surface area contributed by atoms with Crippen LogP contribution in [0.4, 0.5) is 4.39 Å². The van der Waals surface area contributed by atoms with Crippen LogP contribution in [0.15, 0.2) is 66.7 Å². The predicted octanol–water partition coefficient (Wildman–Crippen LogP) is 10.6. The smallest absolute Gasteiger partial charge is 0.134 e. The summed E-state index contributed by atoms with van der Waals surface area (Å²) in [5, 5.41) is 0. The van der Waals surface area contributed by atoms with Crippen molar-refractivity contribution in [3.63, 3.8) is 0 Å². The first kappa shape index (κ1) is 28.8. The SMILES string of the molecule is CCCCCC[C@@H](C)Oc1ccc(-c2ccc(-c3ccc(O[C@H](C)CCCCCC)cc3F)cc2)cc1. The van der Waals surface area contributed by atoms with Crippen LogP contribution < -0.4 is 9.47 Å². The predicted molar refractivity (Wildman–Crippen MR) is 155 cm³/mol. The van der Waals surface area contributed by atoms with Crippen LogP contribution >= 0.6 is 0 Å². The first-order valence-electron chi connectivity index (χ1n) is 14.3. The van der Waals surface area contributed by atoms with Crippen molar-refractivity contribution in [2.45, 2.75) is 104 Å². The maximum Gasteiger partial charge on any atom is 0.134 e. The maximum absolute atomic E-state index is 14.9. The number of ether oxygens (including phenoxy) is 2. The summed E-state index contributed by atoms with van der Waals surface area (Å²) in [4.78, 5) is 0. The van der Waals surface area contributed by atoms with Crippen molar-refractivity contribution in [2.75, 3.05) is 0 Å². The van der Waals surface area contributed by atoms with Crippen molar-refractivity contribution >= 4 is 0 Å². The van der Waals surface area contributed by atoms with Crippen LogP contribution in [0.3, 0.4) is 0 Å². The van der Waals surface area contributed by atoms with Crippen LogP contribution in [0.5, 0.6) is 11.5 Å². The molecule has 0 saturated heterocycles. The van der Waals surface area contributed by atoms with Gasteiger partial charge in [0.1, 0.15) is 17.3 Å². The summed E-state index contributed by atoms with van der Waals surface area (Å²) in [6, 6.07) is 21.5. The van der Waals surface area contributed by atoms with Gasteiger partial charge in [-0.2, -0.15) is 0 Å². The third-order valence-corrected chi connectivity index (χ3v) is 6.93. The molecule has 0 spiro atoms. The van der Waals surface area contributed by atoms with E-state index < -0.39 is 0 Å². The molecule has 0 amide bonds. The second-order valence-corrected chi connectivity index (χ2v) is 10.3. The molecule has 3 aromatic carbocycles. The summed E-state index contributed by atoms with van der Waals surface area (Å²) in [6.07, 6.45) is 12.3. The number of halogens is 1. The normalized spacial score (nSPS) is 12.8. The highest BCUT2D eigenvalue weighted by molar-refractivity contribution is 5.71. The van der Waals surface area contributed by atoms with E-state index in [1.165, 1.54) is 51.0 Å². The van der Waals surface area contributed by atoms with Gasteiger partial charge in [0, 0.05) is 11.6 Å². The minimum absolute atomic E-state index is 0.0900. The highest BCUT2D eigenvalue weighted by Crippen LogP contribution is 2.30. The molecule has 0 aliphatic carbocycles. The monoisotopic (exact) mass is 504 g/mol. The van der Waals surface area contributed by atoms with E-state index >= 15 is 0 Å². The third kappa shape index (κ3) is 9.54. The fourth-order valence-corrected chi connectivity index (χ4v) is 4.67. The molecule has 0 heterocycles. The molecule has 0 fully saturated rings. The second kappa shape index (κ2) is 15.4. The molecule has 2 atom stereocenters. The Kier molecular flexibility index (Phi) is 12.0. The first-order chi connectivity index (χ1) is 18.0. The van der Waals surface area contributed by atoms with E-state index in [-0.39, 0.29) is 18.0 Å². The molecular weight excluding hydrogens is 459 g/mol. The van der Waals surface area contributed by atoms with E-state index in [1.807, 2.05) is 48.5 Å². The first-order valence-corrected chi connectivity index (χ1v) is 14.3. The van der Waals surface area contributed by atoms with Crippen LogP contribution in [0.25, 0.3) is 22.3 Å². The fraction of sp³-hybridized carbons (Fsp3) is 0.471. The summed E-state index contributed by atoms with van der Waals surface area (Å²) in [5.41, 5.74) is 3.66. The minimum Gasteiger partial charge on any atom is -0.491 e. The van der Waals surface area contributed by atoms with Crippen molar-refractivity contribution in [2.24, 2.45) is 0 Å². The van der Waals surface area contributed by atoms with Crippen molar-refractivity contribution in [1.82, 2.24) is 0 Å². The van der Waals surface area contributed by atoms with Crippen molar-refractivity contribution < 1.29 is 13.9 Å². The maximum atomic E-state index is 14.9. The van der Waals surface area contributed by atoms with Gasteiger partial charge in [0.05, 0.1) is 12.2 Å². The average Bonchev–Trinajstić information content (AvgIpc) is 2.90. The van der Waals surface area contributed by atoms with Gasteiger partial charge in [-0.25, -0.2) is 4.39 Å². The summed E-state index contributed by atoms with van der Waals surface area (Å²) >= 11 is 0. The van der Waals surface area contributed by atoms with E-state index in [0.29, 0.717) is 11.3 Å². The molecule has 3 aromatic rings. The highest BCUT2D eigenvalue weighted by Gasteiger charge is 2.10. The molecule has 0 saturated carbocycles. The molecule has 3 heteroatoms. The van der Waals surface area contributed by atoms with E-state index in [4.69, 9.17) is 9.47 Å². The Hall–Kier alpha value is -2.81. The number of hydrogen-bond acceptors (Lipinski definition) is 2. The lowest BCUT2D eigenvalue weighted by molar-refractivity contribution is 0.205. The summed E-state index contributed by atoms with van der Waals surface area (Å²) in [7, 11) is 0. The van der Waals surface area contributed by atoms with Gasteiger partial charge in [0.15, 0.2) is 0 Å². The largest absolute Gasteiger partial charge is 0.491 e. The molecule has 37 heavy (non-hydrogen) atoms. The fourth-order valence-electron chi connectivity index (χ4n) is 4.67. The van der Waals surface area contributed by atoms with Crippen molar-refractivity contribution in [3.8, 4) is 33.8 Å². The molecule has 0 aromatic heterocycles. The number of unbranched alkanes of at least 4 members (excludes halogenated alkanes) is 6. The Morgan fingerprint density at radius 2 is 1.03 bits per heavy atom. The Morgan fingerprint density at radius 1 is 0.568 bits per heavy atom. The average molecular weight is 505 g/mol. The van der Waals surface area contributed by atoms with Crippen LogP contribution in [-0.4, -0.2) is 12.2 Å². The minimum atomic E-state index is -0.256.